The molecule has 29 heavy (non-hydrogen) atoms. The molecule has 0 saturated carbocycles. The van der Waals surface area contributed by atoms with E-state index in [0.717, 1.165) is 36.8 Å². The minimum atomic E-state index is -0.256. The van der Waals surface area contributed by atoms with Crippen molar-refractivity contribution < 1.29 is 9.53 Å². The van der Waals surface area contributed by atoms with Crippen molar-refractivity contribution in [1.82, 2.24) is 4.90 Å². The van der Waals surface area contributed by atoms with Crippen LogP contribution in [0, 0.1) is 0 Å². The quantitative estimate of drug-likeness (QED) is 0.608. The standard InChI is InChI=1S/C24H25N3O2/c1-2-29-23-12-10-21(11-13-23)25-24(28)26-22-9-8-19-16-27(17-20(19)14-22)15-18-6-4-3-5-7-18/h3-14H,2,15-17H2,1H3,(H2,25,26,28). The maximum Gasteiger partial charge on any atom is 0.323 e. The van der Waals surface area contributed by atoms with Crippen LogP contribution in [0.3, 0.4) is 0 Å². The van der Waals surface area contributed by atoms with Gasteiger partial charge in [-0.2, -0.15) is 0 Å². The molecule has 4 rings (SSSR count). The third-order valence-corrected chi connectivity index (χ3v) is 4.92. The zero-order valence-electron chi connectivity index (χ0n) is 16.5. The van der Waals surface area contributed by atoms with Gasteiger partial charge in [0.2, 0.25) is 0 Å². The number of carbonyl (C=O) groups is 1. The lowest BCUT2D eigenvalue weighted by Crippen LogP contribution is -2.19. The number of fused-ring (bicyclic) bond motifs is 1. The van der Waals surface area contributed by atoms with Gasteiger partial charge in [-0.05, 0) is 60.0 Å². The SMILES string of the molecule is CCOc1ccc(NC(=O)Nc2ccc3c(c2)CN(Cc2ccccc2)C3)cc1. The Labute approximate surface area is 171 Å². The molecule has 0 bridgehead atoms. The first-order valence-corrected chi connectivity index (χ1v) is 9.88. The molecule has 148 valence electrons. The van der Waals surface area contributed by atoms with Crippen LogP contribution in [0.2, 0.25) is 0 Å². The average Bonchev–Trinajstić information content (AvgIpc) is 3.12. The molecule has 0 aliphatic carbocycles. The van der Waals surface area contributed by atoms with Gasteiger partial charge in [0.25, 0.3) is 0 Å². The van der Waals surface area contributed by atoms with Gasteiger partial charge in [-0.1, -0.05) is 36.4 Å². The lowest BCUT2D eigenvalue weighted by molar-refractivity contribution is 0.262. The van der Waals surface area contributed by atoms with Gasteiger partial charge in [-0.25, -0.2) is 4.79 Å². The minimum Gasteiger partial charge on any atom is -0.494 e. The Morgan fingerprint density at radius 3 is 2.34 bits per heavy atom. The highest BCUT2D eigenvalue weighted by Gasteiger charge is 2.19. The Kier molecular flexibility index (Phi) is 5.77. The lowest BCUT2D eigenvalue weighted by Gasteiger charge is -2.14. The second-order valence-electron chi connectivity index (χ2n) is 7.15. The predicted molar refractivity (Wildman–Crippen MR) is 116 cm³/mol. The van der Waals surface area contributed by atoms with Crippen LogP contribution < -0.4 is 15.4 Å². The number of ether oxygens (including phenoxy) is 1. The van der Waals surface area contributed by atoms with E-state index in [1.54, 1.807) is 0 Å². The predicted octanol–water partition coefficient (Wildman–Crippen LogP) is 5.25. The fourth-order valence-electron chi connectivity index (χ4n) is 3.59. The first kappa shape index (κ1) is 19.0. The summed E-state index contributed by atoms with van der Waals surface area (Å²) in [6.45, 7) is 5.31. The summed E-state index contributed by atoms with van der Waals surface area (Å²) in [5, 5.41) is 5.78. The molecule has 1 aliphatic rings. The first-order valence-electron chi connectivity index (χ1n) is 9.88. The van der Waals surface area contributed by atoms with E-state index in [1.165, 1.54) is 16.7 Å². The fourth-order valence-corrected chi connectivity index (χ4v) is 3.59. The van der Waals surface area contributed by atoms with Crippen LogP contribution in [0.15, 0.2) is 72.8 Å². The molecule has 2 amide bonds. The second-order valence-corrected chi connectivity index (χ2v) is 7.15. The molecular weight excluding hydrogens is 362 g/mol. The van der Waals surface area contributed by atoms with Crippen molar-refractivity contribution >= 4 is 17.4 Å². The molecule has 0 fully saturated rings. The molecule has 0 radical (unpaired) electrons. The number of urea groups is 1. The van der Waals surface area contributed by atoms with Gasteiger partial charge < -0.3 is 15.4 Å². The van der Waals surface area contributed by atoms with Crippen LogP contribution in [-0.4, -0.2) is 17.5 Å². The van der Waals surface area contributed by atoms with E-state index < -0.39 is 0 Å². The summed E-state index contributed by atoms with van der Waals surface area (Å²) in [7, 11) is 0. The van der Waals surface area contributed by atoms with Gasteiger partial charge in [0.05, 0.1) is 6.61 Å². The summed E-state index contributed by atoms with van der Waals surface area (Å²) in [5.41, 5.74) is 5.42. The molecule has 5 nitrogen and oxygen atoms in total. The monoisotopic (exact) mass is 387 g/mol. The number of amides is 2. The van der Waals surface area contributed by atoms with Gasteiger partial charge >= 0.3 is 6.03 Å². The molecule has 2 N–H and O–H groups in total. The molecular formula is C24H25N3O2. The third-order valence-electron chi connectivity index (χ3n) is 4.92. The molecule has 0 spiro atoms. The van der Waals surface area contributed by atoms with Gasteiger partial charge in [0.1, 0.15) is 5.75 Å². The largest absolute Gasteiger partial charge is 0.494 e. The van der Waals surface area contributed by atoms with Crippen LogP contribution in [0.4, 0.5) is 16.2 Å². The average molecular weight is 387 g/mol. The number of benzene rings is 3. The zero-order chi connectivity index (χ0) is 20.1. The van der Waals surface area contributed by atoms with Gasteiger partial charge in [0.15, 0.2) is 0 Å². The second kappa shape index (κ2) is 8.80. The molecule has 3 aromatic carbocycles. The van der Waals surface area contributed by atoms with Crippen molar-refractivity contribution in [3.63, 3.8) is 0 Å². The van der Waals surface area contributed by atoms with E-state index >= 15 is 0 Å². The number of nitrogens with one attached hydrogen (secondary N) is 2. The topological polar surface area (TPSA) is 53.6 Å². The number of hydrogen-bond donors (Lipinski definition) is 2. The minimum absolute atomic E-state index is 0.256. The highest BCUT2D eigenvalue weighted by Crippen LogP contribution is 2.27. The summed E-state index contributed by atoms with van der Waals surface area (Å²) < 4.78 is 5.42. The number of rotatable bonds is 6. The van der Waals surface area contributed by atoms with Crippen LogP contribution >= 0.6 is 0 Å². The molecule has 1 aliphatic heterocycles. The summed E-state index contributed by atoms with van der Waals surface area (Å²) in [6, 6.07) is 23.7. The van der Waals surface area contributed by atoms with Crippen LogP contribution in [0.25, 0.3) is 0 Å². The zero-order valence-corrected chi connectivity index (χ0v) is 16.5. The van der Waals surface area contributed by atoms with Crippen molar-refractivity contribution in [3.05, 3.63) is 89.5 Å². The number of hydrogen-bond acceptors (Lipinski definition) is 3. The van der Waals surface area contributed by atoms with Gasteiger partial charge in [-0.3, -0.25) is 4.90 Å². The van der Waals surface area contributed by atoms with Crippen LogP contribution in [0.1, 0.15) is 23.6 Å². The number of nitrogens with zero attached hydrogens (tertiary/aromatic N) is 1. The molecule has 0 aromatic heterocycles. The molecule has 0 unspecified atom stereocenters. The van der Waals surface area contributed by atoms with Crippen molar-refractivity contribution in [2.45, 2.75) is 26.6 Å². The Balaban J connectivity index is 1.34. The molecule has 3 aromatic rings. The summed E-state index contributed by atoms with van der Waals surface area (Å²) >= 11 is 0. The molecule has 1 heterocycles. The van der Waals surface area contributed by atoms with Crippen LogP contribution in [-0.2, 0) is 19.6 Å². The van der Waals surface area contributed by atoms with E-state index in [1.807, 2.05) is 43.3 Å². The third kappa shape index (κ3) is 4.95. The van der Waals surface area contributed by atoms with Gasteiger partial charge in [-0.15, -0.1) is 0 Å². The van der Waals surface area contributed by atoms with E-state index in [9.17, 15) is 4.79 Å². The van der Waals surface area contributed by atoms with E-state index in [2.05, 4.69) is 51.9 Å². The normalized spacial score (nSPS) is 13.0. The van der Waals surface area contributed by atoms with Crippen LogP contribution in [0.5, 0.6) is 5.75 Å². The Bertz CT molecular complexity index is 971. The van der Waals surface area contributed by atoms with Crippen molar-refractivity contribution in [2.24, 2.45) is 0 Å². The Morgan fingerprint density at radius 2 is 1.59 bits per heavy atom. The number of anilines is 2. The van der Waals surface area contributed by atoms with Gasteiger partial charge in [0, 0.05) is 31.0 Å². The summed E-state index contributed by atoms with van der Waals surface area (Å²) in [4.78, 5) is 14.7. The van der Waals surface area contributed by atoms with Crippen molar-refractivity contribution in [2.75, 3.05) is 17.2 Å². The molecule has 5 heteroatoms. The molecule has 0 atom stereocenters. The Morgan fingerprint density at radius 1 is 0.897 bits per heavy atom. The van der Waals surface area contributed by atoms with Crippen molar-refractivity contribution in [1.29, 1.82) is 0 Å². The maximum atomic E-state index is 12.3. The van der Waals surface area contributed by atoms with E-state index in [0.29, 0.717) is 6.61 Å². The lowest BCUT2D eigenvalue weighted by atomic mass is 10.1. The van der Waals surface area contributed by atoms with E-state index in [4.69, 9.17) is 4.74 Å². The summed E-state index contributed by atoms with van der Waals surface area (Å²) in [5.74, 6) is 0.789. The first-order chi connectivity index (χ1) is 14.2. The highest BCUT2D eigenvalue weighted by atomic mass is 16.5. The fraction of sp³-hybridized carbons (Fsp3) is 0.208. The highest BCUT2D eigenvalue weighted by molar-refractivity contribution is 5.99. The van der Waals surface area contributed by atoms with Crippen molar-refractivity contribution in [3.8, 4) is 5.75 Å². The number of carbonyl (C=O) groups excluding carboxylic acids is 1. The maximum absolute atomic E-state index is 12.3. The smallest absolute Gasteiger partial charge is 0.323 e. The summed E-state index contributed by atoms with van der Waals surface area (Å²) in [6.07, 6.45) is 0. The Hall–Kier alpha value is -3.31. The van der Waals surface area contributed by atoms with E-state index in [-0.39, 0.29) is 6.03 Å². The molecule has 0 saturated heterocycles.